The van der Waals surface area contributed by atoms with Crippen LogP contribution >= 0.6 is 23.8 Å². The van der Waals surface area contributed by atoms with Gasteiger partial charge in [0, 0.05) is 43.0 Å². The zero-order valence-corrected chi connectivity index (χ0v) is 20.1. The smallest absolute Gasteiger partial charge is 0.170 e. The fourth-order valence-electron chi connectivity index (χ4n) is 4.56. The van der Waals surface area contributed by atoms with Gasteiger partial charge in [-0.15, -0.1) is 0 Å². The number of nitrogens with one attached hydrogen (secondary N) is 1. The first kappa shape index (κ1) is 22.3. The van der Waals surface area contributed by atoms with Crippen LogP contribution in [0.3, 0.4) is 0 Å². The first-order valence-electron chi connectivity index (χ1n) is 11.2. The van der Waals surface area contributed by atoms with E-state index in [1.54, 1.807) is 0 Å². The summed E-state index contributed by atoms with van der Waals surface area (Å²) in [6.07, 6.45) is 1.82. The Kier molecular flexibility index (Phi) is 6.64. The maximum atomic E-state index is 6.45. The minimum absolute atomic E-state index is 0.0946. The molecule has 1 aromatic carbocycles. The standard InChI is InChI=1S/C25H27ClN4O2S/c1-17-18(5-4-6-19(17)26)21-8-9-22(32-21)24-23(20-7-2-3-10-27-20)28-25(33)30(24)12-11-29-13-15-31-16-14-29/h2-10,23-24H,11-16H2,1H3,(H,28,33)/t23-,24+/m0/s1. The van der Waals surface area contributed by atoms with Crippen molar-refractivity contribution in [2.24, 2.45) is 0 Å². The first-order chi connectivity index (χ1) is 16.1. The quantitative estimate of drug-likeness (QED) is 0.515. The molecular weight excluding hydrogens is 456 g/mol. The lowest BCUT2D eigenvalue weighted by molar-refractivity contribution is 0.0347. The highest BCUT2D eigenvalue weighted by atomic mass is 35.5. The Morgan fingerprint density at radius 3 is 2.73 bits per heavy atom. The van der Waals surface area contributed by atoms with Crippen LogP contribution in [0.25, 0.3) is 11.3 Å². The van der Waals surface area contributed by atoms with Gasteiger partial charge in [0.25, 0.3) is 0 Å². The zero-order chi connectivity index (χ0) is 22.8. The molecule has 6 nitrogen and oxygen atoms in total. The molecule has 5 rings (SSSR count). The molecule has 0 amide bonds. The minimum atomic E-state index is -0.0957. The van der Waals surface area contributed by atoms with Gasteiger partial charge in [-0.05, 0) is 55.0 Å². The van der Waals surface area contributed by atoms with Crippen molar-refractivity contribution in [3.8, 4) is 11.3 Å². The Balaban J connectivity index is 1.46. The van der Waals surface area contributed by atoms with Crippen LogP contribution in [0.15, 0.2) is 59.1 Å². The topological polar surface area (TPSA) is 53.8 Å². The van der Waals surface area contributed by atoms with Gasteiger partial charge in [0.05, 0.1) is 24.9 Å². The average molecular weight is 483 g/mol. The van der Waals surface area contributed by atoms with Crippen molar-refractivity contribution in [1.82, 2.24) is 20.1 Å². The Morgan fingerprint density at radius 2 is 1.94 bits per heavy atom. The summed E-state index contributed by atoms with van der Waals surface area (Å²) in [7, 11) is 0. The molecule has 2 aromatic heterocycles. The summed E-state index contributed by atoms with van der Waals surface area (Å²) in [6.45, 7) is 7.18. The second-order valence-electron chi connectivity index (χ2n) is 8.39. The Hall–Kier alpha value is -2.45. The molecular formula is C25H27ClN4O2S. The summed E-state index contributed by atoms with van der Waals surface area (Å²) in [4.78, 5) is 9.26. The Labute approximate surface area is 204 Å². The molecule has 8 heteroatoms. The molecule has 0 bridgehead atoms. The van der Waals surface area contributed by atoms with Gasteiger partial charge in [-0.2, -0.15) is 0 Å². The number of thiocarbonyl (C=S) groups is 1. The summed E-state index contributed by atoms with van der Waals surface area (Å²) in [5.41, 5.74) is 2.94. The van der Waals surface area contributed by atoms with Gasteiger partial charge >= 0.3 is 0 Å². The number of furan rings is 1. The van der Waals surface area contributed by atoms with E-state index in [1.807, 2.05) is 61.7 Å². The summed E-state index contributed by atoms with van der Waals surface area (Å²) in [6, 6.07) is 15.7. The number of rotatable bonds is 6. The summed E-state index contributed by atoms with van der Waals surface area (Å²) in [5, 5.41) is 4.95. The second kappa shape index (κ2) is 9.81. The van der Waals surface area contributed by atoms with Crippen LogP contribution in [0, 0.1) is 6.92 Å². The van der Waals surface area contributed by atoms with Crippen LogP contribution in [0.2, 0.25) is 5.02 Å². The monoisotopic (exact) mass is 482 g/mol. The highest BCUT2D eigenvalue weighted by molar-refractivity contribution is 7.80. The zero-order valence-electron chi connectivity index (χ0n) is 18.5. The normalized spacial score (nSPS) is 21.4. The second-order valence-corrected chi connectivity index (χ2v) is 9.18. The van der Waals surface area contributed by atoms with Crippen LogP contribution in [0.4, 0.5) is 0 Å². The molecule has 0 saturated carbocycles. The van der Waals surface area contributed by atoms with Crippen LogP contribution in [0.5, 0.6) is 0 Å². The molecule has 4 heterocycles. The summed E-state index contributed by atoms with van der Waals surface area (Å²) < 4.78 is 11.9. The molecule has 2 fully saturated rings. The molecule has 0 radical (unpaired) electrons. The van der Waals surface area contributed by atoms with E-state index in [2.05, 4.69) is 20.1 Å². The number of hydrogen-bond donors (Lipinski definition) is 1. The lowest BCUT2D eigenvalue weighted by Gasteiger charge is -2.31. The van der Waals surface area contributed by atoms with Crippen molar-refractivity contribution in [1.29, 1.82) is 0 Å². The molecule has 3 aromatic rings. The first-order valence-corrected chi connectivity index (χ1v) is 12.0. The maximum Gasteiger partial charge on any atom is 0.170 e. The Bertz CT molecular complexity index is 1120. The number of aromatic nitrogens is 1. The van der Waals surface area contributed by atoms with Crippen molar-refractivity contribution in [3.63, 3.8) is 0 Å². The predicted octanol–water partition coefficient (Wildman–Crippen LogP) is 4.61. The number of hydrogen-bond acceptors (Lipinski definition) is 5. The van der Waals surface area contributed by atoms with E-state index in [0.717, 1.165) is 77.9 Å². The Morgan fingerprint density at radius 1 is 1.09 bits per heavy atom. The number of halogens is 1. The van der Waals surface area contributed by atoms with Crippen molar-refractivity contribution in [3.05, 3.63) is 76.8 Å². The van der Waals surface area contributed by atoms with Crippen LogP contribution in [-0.4, -0.2) is 59.3 Å². The fraction of sp³-hybridized carbons (Fsp3) is 0.360. The summed E-state index contributed by atoms with van der Waals surface area (Å²) in [5.74, 6) is 1.66. The van der Waals surface area contributed by atoms with Gasteiger partial charge in [-0.3, -0.25) is 9.88 Å². The number of nitrogens with zero attached hydrogens (tertiary/aromatic N) is 3. The third-order valence-electron chi connectivity index (χ3n) is 6.41. The van der Waals surface area contributed by atoms with Crippen LogP contribution in [0.1, 0.15) is 29.1 Å². The maximum absolute atomic E-state index is 6.45. The largest absolute Gasteiger partial charge is 0.459 e. The minimum Gasteiger partial charge on any atom is -0.459 e. The van der Waals surface area contributed by atoms with Crippen LogP contribution in [-0.2, 0) is 4.74 Å². The lowest BCUT2D eigenvalue weighted by atomic mass is 10.0. The van der Waals surface area contributed by atoms with E-state index in [4.69, 9.17) is 33.0 Å². The van der Waals surface area contributed by atoms with Gasteiger partial charge in [-0.1, -0.05) is 29.8 Å². The lowest BCUT2D eigenvalue weighted by Crippen LogP contribution is -2.42. The summed E-state index contributed by atoms with van der Waals surface area (Å²) >= 11 is 12.1. The highest BCUT2D eigenvalue weighted by Crippen LogP contribution is 2.41. The van der Waals surface area contributed by atoms with E-state index in [1.165, 1.54) is 0 Å². The van der Waals surface area contributed by atoms with Crippen LogP contribution < -0.4 is 5.32 Å². The van der Waals surface area contributed by atoms with Crippen molar-refractivity contribution >= 4 is 28.9 Å². The van der Waals surface area contributed by atoms with Gasteiger partial charge < -0.3 is 19.4 Å². The SMILES string of the molecule is Cc1c(Cl)cccc1-c1ccc([C@@H]2[C@H](c3ccccn3)NC(=S)N2CCN2CCOCC2)o1. The molecule has 0 aliphatic carbocycles. The number of benzene rings is 1. The number of morpholine rings is 1. The van der Waals surface area contributed by atoms with E-state index in [-0.39, 0.29) is 12.1 Å². The van der Waals surface area contributed by atoms with Gasteiger partial charge in [0.1, 0.15) is 17.6 Å². The molecule has 172 valence electrons. The molecule has 1 N–H and O–H groups in total. The molecule has 2 aliphatic heterocycles. The highest BCUT2D eigenvalue weighted by Gasteiger charge is 2.41. The molecule has 2 atom stereocenters. The van der Waals surface area contributed by atoms with Crippen molar-refractivity contribution in [2.45, 2.75) is 19.0 Å². The number of ether oxygens (including phenoxy) is 1. The molecule has 0 unspecified atom stereocenters. The van der Waals surface area contributed by atoms with Crippen molar-refractivity contribution in [2.75, 3.05) is 39.4 Å². The molecule has 33 heavy (non-hydrogen) atoms. The predicted molar refractivity (Wildman–Crippen MR) is 133 cm³/mol. The van der Waals surface area contributed by atoms with E-state index < -0.39 is 0 Å². The average Bonchev–Trinajstić information content (AvgIpc) is 3.45. The molecule has 0 spiro atoms. The van der Waals surface area contributed by atoms with E-state index >= 15 is 0 Å². The van der Waals surface area contributed by atoms with Crippen molar-refractivity contribution < 1.29 is 9.15 Å². The van der Waals surface area contributed by atoms with E-state index in [0.29, 0.717) is 0 Å². The number of pyridine rings is 1. The van der Waals surface area contributed by atoms with Gasteiger partial charge in [-0.25, -0.2) is 0 Å². The van der Waals surface area contributed by atoms with Gasteiger partial charge in [0.15, 0.2) is 5.11 Å². The fourth-order valence-corrected chi connectivity index (χ4v) is 5.07. The van der Waals surface area contributed by atoms with Gasteiger partial charge in [0.2, 0.25) is 0 Å². The molecule has 2 saturated heterocycles. The third kappa shape index (κ3) is 4.64. The molecule has 2 aliphatic rings. The van der Waals surface area contributed by atoms with E-state index in [9.17, 15) is 0 Å². The third-order valence-corrected chi connectivity index (χ3v) is 7.17.